The number of carbonyl (C=O) groups excluding carboxylic acids is 1. The molecule has 1 atom stereocenters. The average Bonchev–Trinajstić information content (AvgIpc) is 2.59. The molecule has 0 radical (unpaired) electrons. The maximum Gasteiger partial charge on any atom is 0.140 e. The molecule has 72 valence electrons. The number of aromatic nitrogens is 3. The van der Waals surface area contributed by atoms with Crippen LogP contribution in [-0.2, 0) is 4.79 Å². The minimum atomic E-state index is -0.178. The first-order chi connectivity index (χ1) is 6.68. The Morgan fingerprint density at radius 2 is 2.36 bits per heavy atom. The average molecular weight is 189 g/mol. The molecular weight excluding hydrogens is 178 g/mol. The second kappa shape index (κ2) is 3.21. The molecule has 1 unspecified atom stereocenters. The number of rotatable bonds is 2. The standard InChI is InChI=1S/C10H11N3O/c1-6(7(2)14)10-12-8-3-4-11-5-9(8)13-10/h3-6H,1-2H3,(H,12,13). The summed E-state index contributed by atoms with van der Waals surface area (Å²) in [5.41, 5.74) is 1.72. The summed E-state index contributed by atoms with van der Waals surface area (Å²) < 4.78 is 0. The number of pyridine rings is 1. The molecule has 0 aliphatic rings. The molecule has 0 saturated carbocycles. The van der Waals surface area contributed by atoms with Crippen LogP contribution in [0, 0.1) is 0 Å². The number of hydrogen-bond acceptors (Lipinski definition) is 3. The minimum absolute atomic E-state index is 0.108. The molecule has 0 aliphatic heterocycles. The first-order valence-electron chi connectivity index (χ1n) is 4.48. The molecule has 1 N–H and O–H groups in total. The number of aromatic amines is 1. The highest BCUT2D eigenvalue weighted by molar-refractivity contribution is 5.83. The van der Waals surface area contributed by atoms with E-state index in [1.807, 2.05) is 13.0 Å². The Balaban J connectivity index is 2.50. The van der Waals surface area contributed by atoms with Crippen molar-refractivity contribution in [2.24, 2.45) is 0 Å². The van der Waals surface area contributed by atoms with Gasteiger partial charge in [-0.2, -0.15) is 0 Å². The summed E-state index contributed by atoms with van der Waals surface area (Å²) >= 11 is 0. The molecule has 4 nitrogen and oxygen atoms in total. The molecule has 0 aromatic carbocycles. The van der Waals surface area contributed by atoms with Gasteiger partial charge < -0.3 is 4.98 Å². The normalized spacial score (nSPS) is 13.0. The van der Waals surface area contributed by atoms with Crippen molar-refractivity contribution in [1.29, 1.82) is 0 Å². The van der Waals surface area contributed by atoms with E-state index in [-0.39, 0.29) is 11.7 Å². The zero-order valence-corrected chi connectivity index (χ0v) is 8.11. The van der Waals surface area contributed by atoms with E-state index in [1.54, 1.807) is 19.3 Å². The summed E-state index contributed by atoms with van der Waals surface area (Å²) in [4.78, 5) is 22.5. The largest absolute Gasteiger partial charge is 0.340 e. The number of ketones is 1. The van der Waals surface area contributed by atoms with Crippen LogP contribution in [0.2, 0.25) is 0 Å². The number of Topliss-reactive ketones (excluding diaryl/α,β-unsaturated/α-hetero) is 1. The van der Waals surface area contributed by atoms with E-state index in [0.29, 0.717) is 5.82 Å². The van der Waals surface area contributed by atoms with E-state index < -0.39 is 0 Å². The van der Waals surface area contributed by atoms with Crippen molar-refractivity contribution in [1.82, 2.24) is 15.0 Å². The third kappa shape index (κ3) is 1.39. The van der Waals surface area contributed by atoms with E-state index >= 15 is 0 Å². The molecule has 0 fully saturated rings. The smallest absolute Gasteiger partial charge is 0.140 e. The maximum absolute atomic E-state index is 11.1. The van der Waals surface area contributed by atoms with Crippen molar-refractivity contribution in [3.63, 3.8) is 0 Å². The Morgan fingerprint density at radius 3 is 3.00 bits per heavy atom. The van der Waals surface area contributed by atoms with Crippen molar-refractivity contribution in [2.45, 2.75) is 19.8 Å². The van der Waals surface area contributed by atoms with Crippen molar-refractivity contribution in [2.75, 3.05) is 0 Å². The number of hydrogen-bond donors (Lipinski definition) is 1. The van der Waals surface area contributed by atoms with E-state index in [2.05, 4.69) is 15.0 Å². The van der Waals surface area contributed by atoms with Crippen LogP contribution in [0.3, 0.4) is 0 Å². The number of H-pyrrole nitrogens is 1. The SMILES string of the molecule is CC(=O)C(C)c1nc2ccncc2[nH]1. The van der Waals surface area contributed by atoms with E-state index in [9.17, 15) is 4.79 Å². The first-order valence-corrected chi connectivity index (χ1v) is 4.48. The van der Waals surface area contributed by atoms with E-state index in [0.717, 1.165) is 11.0 Å². The number of carbonyl (C=O) groups is 1. The van der Waals surface area contributed by atoms with Crippen LogP contribution in [0.15, 0.2) is 18.5 Å². The molecule has 2 aromatic rings. The summed E-state index contributed by atoms with van der Waals surface area (Å²) in [5, 5.41) is 0. The van der Waals surface area contributed by atoms with Crippen LogP contribution in [0.25, 0.3) is 11.0 Å². The molecule has 0 aliphatic carbocycles. The number of nitrogens with one attached hydrogen (secondary N) is 1. The quantitative estimate of drug-likeness (QED) is 0.781. The number of nitrogens with zero attached hydrogens (tertiary/aromatic N) is 2. The fourth-order valence-corrected chi connectivity index (χ4v) is 1.27. The number of fused-ring (bicyclic) bond motifs is 1. The van der Waals surface area contributed by atoms with Crippen molar-refractivity contribution >= 4 is 16.8 Å². The maximum atomic E-state index is 11.1. The van der Waals surface area contributed by atoms with Crippen LogP contribution in [0.1, 0.15) is 25.6 Å². The summed E-state index contributed by atoms with van der Waals surface area (Å²) in [5.74, 6) is 0.639. The molecule has 0 saturated heterocycles. The Kier molecular flexibility index (Phi) is 2.04. The molecule has 0 amide bonds. The zero-order valence-electron chi connectivity index (χ0n) is 8.11. The first kappa shape index (κ1) is 8.87. The van der Waals surface area contributed by atoms with Gasteiger partial charge in [-0.3, -0.25) is 9.78 Å². The predicted molar refractivity (Wildman–Crippen MR) is 53.0 cm³/mol. The monoisotopic (exact) mass is 189 g/mol. The molecule has 2 rings (SSSR count). The van der Waals surface area contributed by atoms with Crippen LogP contribution < -0.4 is 0 Å². The Bertz CT molecular complexity index is 442. The van der Waals surface area contributed by atoms with Crippen LogP contribution in [-0.4, -0.2) is 20.7 Å². The predicted octanol–water partition coefficient (Wildman–Crippen LogP) is 1.65. The molecule has 4 heteroatoms. The number of imidazole rings is 1. The molecule has 0 spiro atoms. The second-order valence-electron chi connectivity index (χ2n) is 3.35. The highest BCUT2D eigenvalue weighted by Gasteiger charge is 2.14. The van der Waals surface area contributed by atoms with Gasteiger partial charge in [0.25, 0.3) is 0 Å². The summed E-state index contributed by atoms with van der Waals surface area (Å²) in [6.07, 6.45) is 3.39. The van der Waals surface area contributed by atoms with Crippen LogP contribution >= 0.6 is 0 Å². The summed E-state index contributed by atoms with van der Waals surface area (Å²) in [6.45, 7) is 3.41. The Morgan fingerprint density at radius 1 is 1.57 bits per heavy atom. The highest BCUT2D eigenvalue weighted by atomic mass is 16.1. The third-order valence-electron chi connectivity index (χ3n) is 2.32. The van der Waals surface area contributed by atoms with Gasteiger partial charge in [-0.1, -0.05) is 0 Å². The van der Waals surface area contributed by atoms with Crippen molar-refractivity contribution < 1.29 is 4.79 Å². The van der Waals surface area contributed by atoms with Gasteiger partial charge in [0, 0.05) is 6.20 Å². The van der Waals surface area contributed by atoms with Gasteiger partial charge in [-0.05, 0) is 19.9 Å². The minimum Gasteiger partial charge on any atom is -0.340 e. The molecule has 14 heavy (non-hydrogen) atoms. The molecule has 0 bridgehead atoms. The highest BCUT2D eigenvalue weighted by Crippen LogP contribution is 2.16. The molecule has 2 aromatic heterocycles. The lowest BCUT2D eigenvalue weighted by Crippen LogP contribution is -2.05. The topological polar surface area (TPSA) is 58.6 Å². The zero-order chi connectivity index (χ0) is 10.1. The Hall–Kier alpha value is -1.71. The molecular formula is C10H11N3O. The second-order valence-corrected chi connectivity index (χ2v) is 3.35. The van der Waals surface area contributed by atoms with Gasteiger partial charge in [0.05, 0.1) is 23.1 Å². The van der Waals surface area contributed by atoms with Gasteiger partial charge in [0.2, 0.25) is 0 Å². The van der Waals surface area contributed by atoms with Gasteiger partial charge in [-0.15, -0.1) is 0 Å². The van der Waals surface area contributed by atoms with E-state index in [1.165, 1.54) is 0 Å². The van der Waals surface area contributed by atoms with Gasteiger partial charge in [-0.25, -0.2) is 4.98 Å². The van der Waals surface area contributed by atoms with Crippen molar-refractivity contribution in [3.05, 3.63) is 24.3 Å². The fourth-order valence-electron chi connectivity index (χ4n) is 1.27. The third-order valence-corrected chi connectivity index (χ3v) is 2.32. The lowest BCUT2D eigenvalue weighted by molar-refractivity contribution is -0.118. The molecule has 2 heterocycles. The van der Waals surface area contributed by atoms with Crippen LogP contribution in [0.4, 0.5) is 0 Å². The lowest BCUT2D eigenvalue weighted by Gasteiger charge is -2.01. The van der Waals surface area contributed by atoms with Gasteiger partial charge in [0.1, 0.15) is 11.6 Å². The lowest BCUT2D eigenvalue weighted by atomic mass is 10.1. The summed E-state index contributed by atoms with van der Waals surface area (Å²) in [6, 6.07) is 1.82. The van der Waals surface area contributed by atoms with Crippen LogP contribution in [0.5, 0.6) is 0 Å². The van der Waals surface area contributed by atoms with Gasteiger partial charge >= 0.3 is 0 Å². The van der Waals surface area contributed by atoms with Crippen molar-refractivity contribution in [3.8, 4) is 0 Å². The van der Waals surface area contributed by atoms with E-state index in [4.69, 9.17) is 0 Å². The Labute approximate surface area is 81.4 Å². The summed E-state index contributed by atoms with van der Waals surface area (Å²) in [7, 11) is 0. The fraction of sp³-hybridized carbons (Fsp3) is 0.300. The van der Waals surface area contributed by atoms with Gasteiger partial charge in [0.15, 0.2) is 0 Å².